The van der Waals surface area contributed by atoms with E-state index in [1.165, 1.54) is 0 Å². The van der Waals surface area contributed by atoms with E-state index in [0.717, 1.165) is 38.0 Å². The monoisotopic (exact) mass is 345 g/mol. The molecule has 2 amide bonds. The minimum Gasteiger partial charge on any atom is -0.368 e. The number of hydrogen-bond acceptors (Lipinski definition) is 5. The van der Waals surface area contributed by atoms with Gasteiger partial charge in [-0.15, -0.1) is 0 Å². The molecule has 0 radical (unpaired) electrons. The van der Waals surface area contributed by atoms with E-state index in [1.54, 1.807) is 6.20 Å². The number of primary amides is 1. The fourth-order valence-electron chi connectivity index (χ4n) is 3.89. The number of hydrogen-bond donors (Lipinski definition) is 1. The van der Waals surface area contributed by atoms with Gasteiger partial charge in [0.2, 0.25) is 5.91 Å². The SMILES string of the molecule is CN(C)c1ccc(C(=O)N2CCC(N3CCCC3C(N)=O)CC2)cn1. The van der Waals surface area contributed by atoms with Gasteiger partial charge in [-0.05, 0) is 44.4 Å². The largest absolute Gasteiger partial charge is 0.368 e. The van der Waals surface area contributed by atoms with Crippen molar-refractivity contribution in [3.8, 4) is 0 Å². The van der Waals surface area contributed by atoms with E-state index < -0.39 is 0 Å². The fraction of sp³-hybridized carbons (Fsp3) is 0.611. The van der Waals surface area contributed by atoms with Crippen LogP contribution in [0.1, 0.15) is 36.0 Å². The first-order valence-corrected chi connectivity index (χ1v) is 8.95. The quantitative estimate of drug-likeness (QED) is 0.869. The molecule has 3 heterocycles. The molecule has 3 rings (SSSR count). The van der Waals surface area contributed by atoms with Crippen molar-refractivity contribution in [2.24, 2.45) is 5.73 Å². The first-order chi connectivity index (χ1) is 12.0. The molecule has 2 saturated heterocycles. The van der Waals surface area contributed by atoms with Crippen LogP contribution in [0.5, 0.6) is 0 Å². The Labute approximate surface area is 148 Å². The summed E-state index contributed by atoms with van der Waals surface area (Å²) in [6, 6.07) is 3.91. The van der Waals surface area contributed by atoms with Crippen LogP contribution in [0.25, 0.3) is 0 Å². The van der Waals surface area contributed by atoms with Gasteiger partial charge in [-0.3, -0.25) is 14.5 Å². The first kappa shape index (κ1) is 17.7. The van der Waals surface area contributed by atoms with E-state index in [2.05, 4.69) is 9.88 Å². The summed E-state index contributed by atoms with van der Waals surface area (Å²) in [5.74, 6) is 0.647. The average molecular weight is 345 g/mol. The predicted molar refractivity (Wildman–Crippen MR) is 96.4 cm³/mol. The molecule has 25 heavy (non-hydrogen) atoms. The van der Waals surface area contributed by atoms with Crippen LogP contribution in [0.3, 0.4) is 0 Å². The van der Waals surface area contributed by atoms with E-state index >= 15 is 0 Å². The molecular weight excluding hydrogens is 318 g/mol. The van der Waals surface area contributed by atoms with Crippen LogP contribution in [-0.2, 0) is 4.79 Å². The molecule has 1 aromatic heterocycles. The van der Waals surface area contributed by atoms with E-state index in [-0.39, 0.29) is 17.9 Å². The molecule has 1 aromatic rings. The van der Waals surface area contributed by atoms with Crippen LogP contribution in [0.2, 0.25) is 0 Å². The number of carbonyl (C=O) groups excluding carboxylic acids is 2. The van der Waals surface area contributed by atoms with Crippen molar-refractivity contribution in [3.63, 3.8) is 0 Å². The van der Waals surface area contributed by atoms with Gasteiger partial charge in [0.05, 0.1) is 11.6 Å². The highest BCUT2D eigenvalue weighted by molar-refractivity contribution is 5.94. The van der Waals surface area contributed by atoms with Crippen molar-refractivity contribution < 1.29 is 9.59 Å². The Bertz CT molecular complexity index is 623. The number of piperidine rings is 1. The maximum atomic E-state index is 12.7. The van der Waals surface area contributed by atoms with Gasteiger partial charge in [0.15, 0.2) is 0 Å². The van der Waals surface area contributed by atoms with Crippen molar-refractivity contribution in [3.05, 3.63) is 23.9 Å². The molecule has 2 fully saturated rings. The number of aromatic nitrogens is 1. The molecule has 7 nitrogen and oxygen atoms in total. The third-order valence-electron chi connectivity index (χ3n) is 5.30. The number of pyridine rings is 1. The van der Waals surface area contributed by atoms with Crippen LogP contribution in [0.15, 0.2) is 18.3 Å². The van der Waals surface area contributed by atoms with Crippen LogP contribution in [0.4, 0.5) is 5.82 Å². The lowest BCUT2D eigenvalue weighted by molar-refractivity contribution is -0.123. The highest BCUT2D eigenvalue weighted by Crippen LogP contribution is 2.26. The molecule has 2 N–H and O–H groups in total. The van der Waals surface area contributed by atoms with Gasteiger partial charge in [0.1, 0.15) is 5.82 Å². The Balaban J connectivity index is 1.58. The van der Waals surface area contributed by atoms with Crippen molar-refractivity contribution in [1.29, 1.82) is 0 Å². The molecule has 0 bridgehead atoms. The predicted octanol–water partition coefficient (Wildman–Crippen LogP) is 0.702. The molecule has 7 heteroatoms. The van der Waals surface area contributed by atoms with Gasteiger partial charge in [-0.1, -0.05) is 0 Å². The average Bonchev–Trinajstić information content (AvgIpc) is 3.11. The Kier molecular flexibility index (Phi) is 5.22. The van der Waals surface area contributed by atoms with Gasteiger partial charge in [0.25, 0.3) is 5.91 Å². The first-order valence-electron chi connectivity index (χ1n) is 8.95. The zero-order chi connectivity index (χ0) is 18.0. The van der Waals surface area contributed by atoms with Gasteiger partial charge in [-0.2, -0.15) is 0 Å². The number of carbonyl (C=O) groups is 2. The minimum atomic E-state index is -0.219. The Morgan fingerprint density at radius 2 is 1.88 bits per heavy atom. The smallest absolute Gasteiger partial charge is 0.255 e. The summed E-state index contributed by atoms with van der Waals surface area (Å²) in [7, 11) is 3.85. The molecular formula is C18H27N5O2. The summed E-state index contributed by atoms with van der Waals surface area (Å²) in [6.07, 6.45) is 5.31. The van der Waals surface area contributed by atoms with E-state index in [0.29, 0.717) is 24.7 Å². The Morgan fingerprint density at radius 3 is 2.44 bits per heavy atom. The summed E-state index contributed by atoms with van der Waals surface area (Å²) >= 11 is 0. The normalized spacial score (nSPS) is 22.2. The molecule has 1 unspecified atom stereocenters. The van der Waals surface area contributed by atoms with Crippen molar-refractivity contribution in [1.82, 2.24) is 14.8 Å². The maximum Gasteiger partial charge on any atom is 0.255 e. The van der Waals surface area contributed by atoms with Gasteiger partial charge in [0, 0.05) is 39.4 Å². The third kappa shape index (κ3) is 3.76. The highest BCUT2D eigenvalue weighted by Gasteiger charge is 2.36. The summed E-state index contributed by atoms with van der Waals surface area (Å²) in [6.45, 7) is 2.35. The van der Waals surface area contributed by atoms with Crippen molar-refractivity contribution in [2.75, 3.05) is 38.6 Å². The molecule has 2 aliphatic heterocycles. The third-order valence-corrected chi connectivity index (χ3v) is 5.30. The van der Waals surface area contributed by atoms with E-state index in [9.17, 15) is 9.59 Å². The molecule has 136 valence electrons. The van der Waals surface area contributed by atoms with Crippen LogP contribution in [0, 0.1) is 0 Å². The zero-order valence-corrected chi connectivity index (χ0v) is 15.0. The van der Waals surface area contributed by atoms with Gasteiger partial charge < -0.3 is 15.5 Å². The number of amides is 2. The van der Waals surface area contributed by atoms with Gasteiger partial charge in [-0.25, -0.2) is 4.98 Å². The fourth-order valence-corrected chi connectivity index (χ4v) is 3.89. The number of nitrogens with zero attached hydrogens (tertiary/aromatic N) is 4. The molecule has 0 aromatic carbocycles. The lowest BCUT2D eigenvalue weighted by atomic mass is 10.0. The number of anilines is 1. The highest BCUT2D eigenvalue weighted by atomic mass is 16.2. The maximum absolute atomic E-state index is 12.7. The molecule has 0 spiro atoms. The summed E-state index contributed by atoms with van der Waals surface area (Å²) < 4.78 is 0. The second-order valence-electron chi connectivity index (χ2n) is 7.12. The minimum absolute atomic E-state index is 0.0316. The molecule has 0 aliphatic carbocycles. The number of rotatable bonds is 4. The number of likely N-dealkylation sites (tertiary alicyclic amines) is 2. The van der Waals surface area contributed by atoms with Crippen LogP contribution < -0.4 is 10.6 Å². The van der Waals surface area contributed by atoms with Gasteiger partial charge >= 0.3 is 0 Å². The molecule has 1 atom stereocenters. The Hall–Kier alpha value is -2.15. The topological polar surface area (TPSA) is 82.8 Å². The van der Waals surface area contributed by atoms with E-state index in [1.807, 2.05) is 36.0 Å². The standard InChI is InChI=1S/C18H27N5O2/c1-21(2)16-6-5-13(12-20-16)18(25)22-10-7-14(8-11-22)23-9-3-4-15(23)17(19)24/h5-6,12,14-15H,3-4,7-11H2,1-2H3,(H2,19,24). The summed E-state index contributed by atoms with van der Waals surface area (Å²) in [5, 5.41) is 0. The lowest BCUT2D eigenvalue weighted by Crippen LogP contribution is -2.51. The van der Waals surface area contributed by atoms with Crippen LogP contribution >= 0.6 is 0 Å². The second-order valence-corrected chi connectivity index (χ2v) is 7.12. The summed E-state index contributed by atoms with van der Waals surface area (Å²) in [4.78, 5) is 34.6. The zero-order valence-electron chi connectivity index (χ0n) is 15.0. The lowest BCUT2D eigenvalue weighted by Gasteiger charge is -2.38. The Morgan fingerprint density at radius 1 is 1.16 bits per heavy atom. The molecule has 2 aliphatic rings. The van der Waals surface area contributed by atoms with E-state index in [4.69, 9.17) is 5.73 Å². The van der Waals surface area contributed by atoms with Crippen molar-refractivity contribution in [2.45, 2.75) is 37.8 Å². The summed E-state index contributed by atoms with van der Waals surface area (Å²) in [5.41, 5.74) is 6.15. The van der Waals surface area contributed by atoms with Crippen LogP contribution in [-0.4, -0.2) is 72.4 Å². The second kappa shape index (κ2) is 7.39. The molecule has 0 saturated carbocycles. The van der Waals surface area contributed by atoms with Crippen molar-refractivity contribution >= 4 is 17.6 Å². The number of nitrogens with two attached hydrogens (primary N) is 1.